The van der Waals surface area contributed by atoms with Crippen LogP contribution < -0.4 is 16.0 Å². The molecule has 3 heterocycles. The third kappa shape index (κ3) is 5.26. The van der Waals surface area contributed by atoms with Crippen LogP contribution in [0.3, 0.4) is 0 Å². The van der Waals surface area contributed by atoms with Gasteiger partial charge in [-0.25, -0.2) is 4.98 Å². The summed E-state index contributed by atoms with van der Waals surface area (Å²) >= 11 is 0. The molecule has 2 aromatic carbocycles. The Morgan fingerprint density at radius 2 is 1.95 bits per heavy atom. The summed E-state index contributed by atoms with van der Waals surface area (Å²) in [6, 6.07) is 20.7. The summed E-state index contributed by atoms with van der Waals surface area (Å²) in [5.41, 5.74) is 2.34. The number of rotatable bonds is 7. The monoisotopic (exact) mass is 507 g/mol. The number of carbonyl (C=O) groups excluding carboxylic acids is 2. The van der Waals surface area contributed by atoms with E-state index in [1.165, 1.54) is 18.4 Å². The first-order valence-electron chi connectivity index (χ1n) is 12.2. The Balaban J connectivity index is 1.55. The quantitative estimate of drug-likeness (QED) is 0.292. The molecule has 9 heteroatoms. The summed E-state index contributed by atoms with van der Waals surface area (Å²) in [5, 5.41) is 29.6. The first kappa shape index (κ1) is 24.7. The third-order valence-electron chi connectivity index (χ3n) is 6.40. The molecule has 1 unspecified atom stereocenters. The van der Waals surface area contributed by atoms with Gasteiger partial charge >= 0.3 is 0 Å². The molecule has 0 bridgehead atoms. The van der Waals surface area contributed by atoms with Gasteiger partial charge in [0.15, 0.2) is 11.6 Å². The molecule has 1 aliphatic heterocycles. The summed E-state index contributed by atoms with van der Waals surface area (Å²) in [5.74, 6) is -0.742. The second-order valence-electron chi connectivity index (χ2n) is 8.92. The number of pyridine rings is 1. The van der Waals surface area contributed by atoms with Crippen molar-refractivity contribution >= 4 is 17.6 Å². The summed E-state index contributed by atoms with van der Waals surface area (Å²) in [7, 11) is 0. The summed E-state index contributed by atoms with van der Waals surface area (Å²) in [6.45, 7) is 1.48. The van der Waals surface area contributed by atoms with Crippen LogP contribution in [0.15, 0.2) is 77.4 Å². The molecule has 2 amide bonds. The number of nitriles is 1. The van der Waals surface area contributed by atoms with Crippen molar-refractivity contribution in [2.75, 3.05) is 18.4 Å². The number of nitrogens with one attached hydrogen (secondary N) is 3. The molecule has 5 rings (SSSR count). The number of benzene rings is 2. The van der Waals surface area contributed by atoms with Crippen LogP contribution in [0.2, 0.25) is 0 Å². The van der Waals surface area contributed by atoms with Gasteiger partial charge in [-0.2, -0.15) is 5.26 Å². The van der Waals surface area contributed by atoms with Gasteiger partial charge in [0.25, 0.3) is 11.8 Å². The van der Waals surface area contributed by atoms with Crippen molar-refractivity contribution < 1.29 is 19.1 Å². The number of para-hydroxylation sites is 1. The van der Waals surface area contributed by atoms with Gasteiger partial charge in [0.2, 0.25) is 0 Å². The minimum absolute atomic E-state index is 0.00631. The van der Waals surface area contributed by atoms with E-state index in [-0.39, 0.29) is 34.8 Å². The van der Waals surface area contributed by atoms with Crippen molar-refractivity contribution in [3.63, 3.8) is 0 Å². The third-order valence-corrected chi connectivity index (χ3v) is 6.40. The zero-order chi connectivity index (χ0) is 26.5. The lowest BCUT2D eigenvalue weighted by atomic mass is 9.96. The van der Waals surface area contributed by atoms with E-state index in [0.29, 0.717) is 34.5 Å². The van der Waals surface area contributed by atoms with Crippen LogP contribution >= 0.6 is 0 Å². The van der Waals surface area contributed by atoms with Gasteiger partial charge in [0.1, 0.15) is 17.4 Å². The van der Waals surface area contributed by atoms with E-state index in [9.17, 15) is 20.0 Å². The molecule has 1 fully saturated rings. The number of hydrogen-bond donors (Lipinski definition) is 4. The topological polar surface area (TPSA) is 140 Å². The molecule has 2 aromatic heterocycles. The standard InChI is InChI=1S/C29H25N5O4/c30-16-23-22(18-6-3-7-19(14-18)28(36)32-17-20-8-4-12-31-20)15-24(21-9-1-2-10-25(21)35)33-27(23)34-29(37)26-11-5-13-38-26/h1-3,5-7,9-11,13-15,20,31,35H,4,8,12,17H2,(H,32,36)(H,33,34,37). The lowest BCUT2D eigenvalue weighted by Crippen LogP contribution is -2.37. The normalized spacial score (nSPS) is 14.6. The predicted molar refractivity (Wildman–Crippen MR) is 142 cm³/mol. The van der Waals surface area contributed by atoms with E-state index in [1.807, 2.05) is 0 Å². The number of aromatic hydroxyl groups is 1. The van der Waals surface area contributed by atoms with E-state index in [0.717, 1.165) is 19.4 Å². The van der Waals surface area contributed by atoms with Crippen LogP contribution in [0.4, 0.5) is 5.82 Å². The molecule has 190 valence electrons. The zero-order valence-corrected chi connectivity index (χ0v) is 20.4. The lowest BCUT2D eigenvalue weighted by molar-refractivity contribution is 0.0949. The maximum absolute atomic E-state index is 12.9. The van der Waals surface area contributed by atoms with E-state index < -0.39 is 5.91 Å². The molecule has 0 aliphatic carbocycles. The highest BCUT2D eigenvalue weighted by molar-refractivity contribution is 6.03. The Kier molecular flexibility index (Phi) is 7.15. The number of phenolic OH excluding ortho intramolecular Hbond substituents is 1. The summed E-state index contributed by atoms with van der Waals surface area (Å²) < 4.78 is 5.18. The average Bonchev–Trinajstić information content (AvgIpc) is 3.67. The zero-order valence-electron chi connectivity index (χ0n) is 20.4. The van der Waals surface area contributed by atoms with E-state index in [1.54, 1.807) is 54.6 Å². The fraction of sp³-hybridized carbons (Fsp3) is 0.172. The Hall–Kier alpha value is -4.94. The van der Waals surface area contributed by atoms with Crippen molar-refractivity contribution in [3.8, 4) is 34.2 Å². The van der Waals surface area contributed by atoms with Crippen LogP contribution in [0.5, 0.6) is 5.75 Å². The van der Waals surface area contributed by atoms with Gasteiger partial charge < -0.3 is 25.5 Å². The van der Waals surface area contributed by atoms with E-state index in [4.69, 9.17) is 4.42 Å². The average molecular weight is 508 g/mol. The lowest BCUT2D eigenvalue weighted by Gasteiger charge is -2.15. The molecular weight excluding hydrogens is 482 g/mol. The SMILES string of the molecule is N#Cc1c(-c2cccc(C(=O)NCC3CCCN3)c2)cc(-c2ccccc2O)nc1NC(=O)c1ccco1. The molecule has 38 heavy (non-hydrogen) atoms. The van der Waals surface area contributed by atoms with Crippen LogP contribution in [0, 0.1) is 11.3 Å². The maximum atomic E-state index is 12.9. The van der Waals surface area contributed by atoms with Gasteiger partial charge in [-0.3, -0.25) is 9.59 Å². The highest BCUT2D eigenvalue weighted by Gasteiger charge is 2.21. The molecule has 9 nitrogen and oxygen atoms in total. The van der Waals surface area contributed by atoms with Crippen molar-refractivity contribution in [3.05, 3.63) is 89.9 Å². The predicted octanol–water partition coefficient (Wildman–Crippen LogP) is 4.32. The maximum Gasteiger partial charge on any atom is 0.292 e. The number of nitrogens with zero attached hydrogens (tertiary/aromatic N) is 2. The molecule has 0 spiro atoms. The Morgan fingerprint density at radius 1 is 1.08 bits per heavy atom. The first-order valence-corrected chi connectivity index (χ1v) is 12.2. The number of aromatic nitrogens is 1. The molecule has 4 N–H and O–H groups in total. The van der Waals surface area contributed by atoms with E-state index >= 15 is 0 Å². The van der Waals surface area contributed by atoms with Crippen LogP contribution in [-0.4, -0.2) is 41.0 Å². The molecule has 0 saturated carbocycles. The second kappa shape index (κ2) is 11.0. The number of hydrogen-bond acceptors (Lipinski definition) is 7. The van der Waals surface area contributed by atoms with Gasteiger partial charge in [0, 0.05) is 29.3 Å². The molecule has 1 atom stereocenters. The Labute approximate surface area is 219 Å². The number of furan rings is 1. The number of phenols is 1. The Bertz CT molecular complexity index is 1520. The number of carbonyl (C=O) groups is 2. The summed E-state index contributed by atoms with van der Waals surface area (Å²) in [6.07, 6.45) is 3.48. The smallest absolute Gasteiger partial charge is 0.292 e. The fourth-order valence-electron chi connectivity index (χ4n) is 4.46. The van der Waals surface area contributed by atoms with Crippen molar-refractivity contribution in [2.45, 2.75) is 18.9 Å². The first-order chi connectivity index (χ1) is 18.5. The van der Waals surface area contributed by atoms with Crippen LogP contribution in [0.25, 0.3) is 22.4 Å². The fourth-order valence-corrected chi connectivity index (χ4v) is 4.46. The van der Waals surface area contributed by atoms with Crippen molar-refractivity contribution in [2.24, 2.45) is 0 Å². The van der Waals surface area contributed by atoms with Crippen LogP contribution in [-0.2, 0) is 0 Å². The van der Waals surface area contributed by atoms with Crippen LogP contribution in [0.1, 0.15) is 39.3 Å². The molecule has 1 aliphatic rings. The number of anilines is 1. The van der Waals surface area contributed by atoms with Crippen molar-refractivity contribution in [1.82, 2.24) is 15.6 Å². The molecule has 0 radical (unpaired) electrons. The van der Waals surface area contributed by atoms with Crippen molar-refractivity contribution in [1.29, 1.82) is 5.26 Å². The molecular formula is C29H25N5O4. The Morgan fingerprint density at radius 3 is 2.68 bits per heavy atom. The summed E-state index contributed by atoms with van der Waals surface area (Å²) in [4.78, 5) is 30.2. The molecule has 4 aromatic rings. The minimum atomic E-state index is -0.576. The van der Waals surface area contributed by atoms with E-state index in [2.05, 4.69) is 27.0 Å². The van der Waals surface area contributed by atoms with Gasteiger partial charge in [-0.15, -0.1) is 0 Å². The van der Waals surface area contributed by atoms with Gasteiger partial charge in [-0.05, 0) is 67.4 Å². The molecule has 1 saturated heterocycles. The second-order valence-corrected chi connectivity index (χ2v) is 8.92. The highest BCUT2D eigenvalue weighted by atomic mass is 16.3. The largest absolute Gasteiger partial charge is 0.507 e. The minimum Gasteiger partial charge on any atom is -0.507 e. The van der Waals surface area contributed by atoms with Gasteiger partial charge in [0.05, 0.1) is 12.0 Å². The van der Waals surface area contributed by atoms with Gasteiger partial charge in [-0.1, -0.05) is 24.3 Å². The highest BCUT2D eigenvalue weighted by Crippen LogP contribution is 2.35. The number of amides is 2.